The van der Waals surface area contributed by atoms with Crippen LogP contribution < -0.4 is 5.32 Å². The van der Waals surface area contributed by atoms with Gasteiger partial charge in [-0.05, 0) is 18.2 Å². The number of rotatable bonds is 7. The van der Waals surface area contributed by atoms with Gasteiger partial charge in [-0.1, -0.05) is 23.9 Å². The van der Waals surface area contributed by atoms with E-state index in [0.717, 1.165) is 11.8 Å². The van der Waals surface area contributed by atoms with Crippen molar-refractivity contribution < 1.29 is 18.8 Å². The monoisotopic (exact) mass is 350 g/mol. The van der Waals surface area contributed by atoms with Gasteiger partial charge in [0.15, 0.2) is 0 Å². The molecule has 0 radical (unpaired) electrons. The first-order valence-corrected chi connectivity index (χ1v) is 7.82. The van der Waals surface area contributed by atoms with Gasteiger partial charge in [-0.15, -0.1) is 0 Å². The van der Waals surface area contributed by atoms with E-state index in [4.69, 9.17) is 4.74 Å². The molecule has 6 nitrogen and oxygen atoms in total. The first kappa shape index (κ1) is 17.9. The Hall–Kier alpha value is -2.45. The van der Waals surface area contributed by atoms with Crippen molar-refractivity contribution in [3.05, 3.63) is 64.0 Å². The Morgan fingerprint density at radius 2 is 2.04 bits per heavy atom. The van der Waals surface area contributed by atoms with Gasteiger partial charge in [-0.2, -0.15) is 0 Å². The van der Waals surface area contributed by atoms with Crippen molar-refractivity contribution in [1.29, 1.82) is 0 Å². The van der Waals surface area contributed by atoms with Gasteiger partial charge in [0.1, 0.15) is 5.82 Å². The lowest BCUT2D eigenvalue weighted by molar-refractivity contribution is -0.384. The Balaban J connectivity index is 2.33. The van der Waals surface area contributed by atoms with E-state index in [-0.39, 0.29) is 17.8 Å². The lowest BCUT2D eigenvalue weighted by Crippen LogP contribution is -2.27. The normalized spacial score (nSPS) is 10.4. The third-order valence-corrected chi connectivity index (χ3v) is 4.19. The standard InChI is InChI=1S/C16H15FN2O4S/c1-23-9-8-18-16(20)12-10-11(19(21)22)6-7-14(12)24-15-5-3-2-4-13(15)17/h2-7,10H,8-9H2,1H3,(H,18,20). The number of carbonyl (C=O) groups excluding carboxylic acids is 1. The average Bonchev–Trinajstić information content (AvgIpc) is 2.57. The van der Waals surface area contributed by atoms with Crippen LogP contribution in [0.25, 0.3) is 0 Å². The summed E-state index contributed by atoms with van der Waals surface area (Å²) in [6.07, 6.45) is 0. The van der Waals surface area contributed by atoms with Crippen molar-refractivity contribution in [2.45, 2.75) is 9.79 Å². The molecule has 0 unspecified atom stereocenters. The highest BCUT2D eigenvalue weighted by Crippen LogP contribution is 2.33. The summed E-state index contributed by atoms with van der Waals surface area (Å²) >= 11 is 1.04. The van der Waals surface area contributed by atoms with Crippen LogP contribution in [0.3, 0.4) is 0 Å². The molecule has 126 valence electrons. The molecule has 0 aliphatic carbocycles. The second-order valence-corrected chi connectivity index (χ2v) is 5.80. The number of non-ortho nitro benzene ring substituents is 1. The molecular weight excluding hydrogens is 335 g/mol. The number of benzene rings is 2. The minimum atomic E-state index is -0.580. The number of nitro groups is 1. The van der Waals surface area contributed by atoms with Gasteiger partial charge in [0, 0.05) is 35.6 Å². The zero-order valence-electron chi connectivity index (χ0n) is 12.8. The lowest BCUT2D eigenvalue weighted by atomic mass is 10.2. The number of nitrogens with zero attached hydrogens (tertiary/aromatic N) is 1. The van der Waals surface area contributed by atoms with Crippen LogP contribution in [0.15, 0.2) is 52.3 Å². The van der Waals surface area contributed by atoms with Crippen LogP contribution in [-0.4, -0.2) is 31.1 Å². The summed E-state index contributed by atoms with van der Waals surface area (Å²) in [6, 6.07) is 10.0. The van der Waals surface area contributed by atoms with E-state index < -0.39 is 16.6 Å². The highest BCUT2D eigenvalue weighted by Gasteiger charge is 2.18. The Morgan fingerprint density at radius 1 is 1.29 bits per heavy atom. The first-order valence-electron chi connectivity index (χ1n) is 7.01. The smallest absolute Gasteiger partial charge is 0.270 e. The van der Waals surface area contributed by atoms with Crippen molar-refractivity contribution in [3.8, 4) is 0 Å². The molecule has 8 heteroatoms. The number of ether oxygens (including phenoxy) is 1. The summed E-state index contributed by atoms with van der Waals surface area (Å²) in [5, 5.41) is 13.6. The van der Waals surface area contributed by atoms with Gasteiger partial charge in [-0.3, -0.25) is 14.9 Å². The molecule has 1 amide bonds. The second-order valence-electron chi connectivity index (χ2n) is 4.72. The van der Waals surface area contributed by atoms with Crippen LogP contribution in [0.2, 0.25) is 0 Å². The van der Waals surface area contributed by atoms with Gasteiger partial charge in [0.25, 0.3) is 11.6 Å². The third kappa shape index (κ3) is 4.53. The van der Waals surface area contributed by atoms with E-state index in [1.54, 1.807) is 18.2 Å². The fourth-order valence-electron chi connectivity index (χ4n) is 1.91. The van der Waals surface area contributed by atoms with Crippen molar-refractivity contribution >= 4 is 23.4 Å². The van der Waals surface area contributed by atoms with Gasteiger partial charge in [-0.25, -0.2) is 4.39 Å². The van der Waals surface area contributed by atoms with Gasteiger partial charge < -0.3 is 10.1 Å². The zero-order chi connectivity index (χ0) is 17.5. The van der Waals surface area contributed by atoms with E-state index in [1.165, 1.54) is 31.4 Å². The number of nitro benzene ring substituents is 1. The first-order chi connectivity index (χ1) is 11.5. The summed E-state index contributed by atoms with van der Waals surface area (Å²) in [5.74, 6) is -0.902. The number of methoxy groups -OCH3 is 1. The van der Waals surface area contributed by atoms with Crippen LogP contribution in [0, 0.1) is 15.9 Å². The van der Waals surface area contributed by atoms with Crippen LogP contribution in [0.4, 0.5) is 10.1 Å². The molecule has 0 aliphatic heterocycles. The molecule has 0 aliphatic rings. The quantitative estimate of drug-likeness (QED) is 0.471. The summed E-state index contributed by atoms with van der Waals surface area (Å²) < 4.78 is 18.7. The zero-order valence-corrected chi connectivity index (χ0v) is 13.6. The largest absolute Gasteiger partial charge is 0.383 e. The molecule has 0 atom stereocenters. The number of carbonyl (C=O) groups is 1. The van der Waals surface area contributed by atoms with Crippen LogP contribution in [0.5, 0.6) is 0 Å². The molecule has 0 saturated carbocycles. The molecule has 1 N–H and O–H groups in total. The maximum atomic E-state index is 13.8. The Kier molecular flexibility index (Phi) is 6.28. The van der Waals surface area contributed by atoms with Crippen molar-refractivity contribution in [1.82, 2.24) is 5.32 Å². The third-order valence-electron chi connectivity index (χ3n) is 3.07. The predicted molar refractivity (Wildman–Crippen MR) is 87.8 cm³/mol. The molecule has 0 spiro atoms. The summed E-state index contributed by atoms with van der Waals surface area (Å²) in [7, 11) is 1.50. The van der Waals surface area contributed by atoms with Crippen LogP contribution >= 0.6 is 11.8 Å². The second kappa shape index (κ2) is 8.42. The number of halogens is 1. The summed E-state index contributed by atoms with van der Waals surface area (Å²) in [4.78, 5) is 23.4. The Morgan fingerprint density at radius 3 is 2.71 bits per heavy atom. The van der Waals surface area contributed by atoms with Crippen molar-refractivity contribution in [2.24, 2.45) is 0 Å². The van der Waals surface area contributed by atoms with Gasteiger partial charge in [0.2, 0.25) is 0 Å². The number of hydrogen-bond donors (Lipinski definition) is 1. The fraction of sp³-hybridized carbons (Fsp3) is 0.188. The van der Waals surface area contributed by atoms with E-state index >= 15 is 0 Å². The van der Waals surface area contributed by atoms with Crippen molar-refractivity contribution in [3.63, 3.8) is 0 Å². The number of hydrogen-bond acceptors (Lipinski definition) is 5. The molecule has 0 bridgehead atoms. The molecule has 0 heterocycles. The van der Waals surface area contributed by atoms with E-state index in [1.807, 2.05) is 0 Å². The van der Waals surface area contributed by atoms with Gasteiger partial charge in [0.05, 0.1) is 17.1 Å². The molecule has 0 aromatic heterocycles. The lowest BCUT2D eigenvalue weighted by Gasteiger charge is -2.10. The van der Waals surface area contributed by atoms with Crippen LogP contribution in [0.1, 0.15) is 10.4 Å². The average molecular weight is 350 g/mol. The minimum Gasteiger partial charge on any atom is -0.383 e. The topological polar surface area (TPSA) is 81.5 Å². The molecule has 24 heavy (non-hydrogen) atoms. The number of nitrogens with one attached hydrogen (secondary N) is 1. The maximum absolute atomic E-state index is 13.8. The highest BCUT2D eigenvalue weighted by molar-refractivity contribution is 7.99. The molecule has 2 aromatic rings. The Labute approximate surface area is 142 Å². The van der Waals surface area contributed by atoms with Gasteiger partial charge >= 0.3 is 0 Å². The minimum absolute atomic E-state index is 0.119. The molecule has 2 aromatic carbocycles. The predicted octanol–water partition coefficient (Wildman–Crippen LogP) is 3.26. The fourth-order valence-corrected chi connectivity index (χ4v) is 2.85. The maximum Gasteiger partial charge on any atom is 0.270 e. The molecular formula is C16H15FN2O4S. The van der Waals surface area contributed by atoms with E-state index in [9.17, 15) is 19.3 Å². The molecule has 0 saturated heterocycles. The highest BCUT2D eigenvalue weighted by atomic mass is 32.2. The summed E-state index contributed by atoms with van der Waals surface area (Å²) in [6.45, 7) is 0.582. The van der Waals surface area contributed by atoms with E-state index in [2.05, 4.69) is 5.32 Å². The van der Waals surface area contributed by atoms with E-state index in [0.29, 0.717) is 16.4 Å². The summed E-state index contributed by atoms with van der Waals surface area (Å²) in [5.41, 5.74) is -0.0849. The Bertz CT molecular complexity index is 755. The molecule has 2 rings (SSSR count). The van der Waals surface area contributed by atoms with Crippen LogP contribution in [-0.2, 0) is 4.74 Å². The number of amides is 1. The van der Waals surface area contributed by atoms with Crippen molar-refractivity contribution in [2.75, 3.05) is 20.3 Å². The molecule has 0 fully saturated rings. The SMILES string of the molecule is COCCNC(=O)c1cc([N+](=O)[O-])ccc1Sc1ccccc1F.